The minimum absolute atomic E-state index is 0.213. The number of nitrogens with two attached hydrogens (primary N) is 2. The molecule has 1 aromatic rings. The molecule has 0 aliphatic carbocycles. The van der Waals surface area contributed by atoms with Crippen LogP contribution >= 0.6 is 0 Å². The Morgan fingerprint density at radius 3 is 2.35 bits per heavy atom. The summed E-state index contributed by atoms with van der Waals surface area (Å²) in [6, 6.07) is 6.40. The van der Waals surface area contributed by atoms with Crippen molar-refractivity contribution in [3.8, 4) is 5.75 Å². The lowest BCUT2D eigenvalue weighted by Gasteiger charge is -2.16. The maximum atomic E-state index is 11.7. The van der Waals surface area contributed by atoms with Gasteiger partial charge in [0.2, 0.25) is 0 Å². The van der Waals surface area contributed by atoms with Gasteiger partial charge in [-0.2, -0.15) is 0 Å². The molecule has 1 atom stereocenters. The highest BCUT2D eigenvalue weighted by molar-refractivity contribution is 6.01. The fourth-order valence-electron chi connectivity index (χ4n) is 1.26. The molecule has 0 aliphatic heterocycles. The topological polar surface area (TPSA) is 98.6 Å². The number of carbonyl (C=O) groups excluding carboxylic acids is 1. The predicted octanol–water partition coefficient (Wildman–Crippen LogP) is 0.263. The van der Waals surface area contributed by atoms with Crippen molar-refractivity contribution in [1.82, 2.24) is 0 Å². The zero-order chi connectivity index (χ0) is 13.1. The van der Waals surface area contributed by atoms with Gasteiger partial charge < -0.3 is 15.6 Å². The van der Waals surface area contributed by atoms with Crippen molar-refractivity contribution < 1.29 is 14.6 Å². The van der Waals surface area contributed by atoms with Crippen molar-refractivity contribution in [2.45, 2.75) is 25.7 Å². The maximum Gasteiger partial charge on any atom is 0.193 e. The molecule has 0 heterocycles. The molecule has 0 aliphatic rings. The zero-order valence-corrected chi connectivity index (χ0v) is 10.0. The van der Waals surface area contributed by atoms with Gasteiger partial charge in [0.05, 0.1) is 0 Å². The first-order valence-corrected chi connectivity index (χ1v) is 5.34. The van der Waals surface area contributed by atoms with Crippen LogP contribution in [0.15, 0.2) is 24.3 Å². The fraction of sp³-hybridized carbons (Fsp3) is 0.417. The van der Waals surface area contributed by atoms with E-state index >= 15 is 0 Å². The van der Waals surface area contributed by atoms with Crippen LogP contribution in [0.5, 0.6) is 5.75 Å². The molecule has 0 fully saturated rings. The Labute approximate surface area is 100 Å². The van der Waals surface area contributed by atoms with Crippen molar-refractivity contribution in [2.24, 2.45) is 11.5 Å². The summed E-state index contributed by atoms with van der Waals surface area (Å²) in [5.41, 5.74) is 9.88. The summed E-state index contributed by atoms with van der Waals surface area (Å²) in [5, 5.41) is 9.58. The Morgan fingerprint density at radius 2 is 1.94 bits per heavy atom. The van der Waals surface area contributed by atoms with Gasteiger partial charge in [0, 0.05) is 12.1 Å². The van der Waals surface area contributed by atoms with Gasteiger partial charge in [-0.25, -0.2) is 0 Å². The lowest BCUT2D eigenvalue weighted by atomic mass is 9.97. The lowest BCUT2D eigenvalue weighted by molar-refractivity contribution is 0.0488. The van der Waals surface area contributed by atoms with Crippen molar-refractivity contribution in [3.05, 3.63) is 29.8 Å². The van der Waals surface area contributed by atoms with Crippen LogP contribution in [0, 0.1) is 0 Å². The third-order valence-corrected chi connectivity index (χ3v) is 2.19. The number of Topliss-reactive ketones (excluding diaryl/α,β-unsaturated/α-hetero) is 1. The number of hydrogen-bond acceptors (Lipinski definition) is 5. The molecule has 5 heteroatoms. The Morgan fingerprint density at radius 1 is 1.41 bits per heavy atom. The van der Waals surface area contributed by atoms with Gasteiger partial charge in [0.25, 0.3) is 0 Å². The van der Waals surface area contributed by atoms with Gasteiger partial charge in [-0.1, -0.05) is 0 Å². The smallest absolute Gasteiger partial charge is 0.193 e. The molecule has 0 bridgehead atoms. The third kappa shape index (κ3) is 3.81. The second-order valence-electron chi connectivity index (χ2n) is 4.30. The predicted molar refractivity (Wildman–Crippen MR) is 64.7 cm³/mol. The summed E-state index contributed by atoms with van der Waals surface area (Å²) >= 11 is 0. The SMILES string of the molecule is CC(C)(O)C(=O)c1ccc(OC(N)CN)cc1. The molecule has 5 nitrogen and oxygen atoms in total. The molecule has 0 saturated heterocycles. The highest BCUT2D eigenvalue weighted by atomic mass is 16.5. The van der Waals surface area contributed by atoms with Crippen molar-refractivity contribution in [2.75, 3.05) is 6.54 Å². The number of ether oxygens (including phenoxy) is 1. The number of carbonyl (C=O) groups is 1. The summed E-state index contributed by atoms with van der Waals surface area (Å²) in [6.07, 6.45) is -0.564. The molecule has 94 valence electrons. The van der Waals surface area contributed by atoms with Gasteiger partial charge in [0.1, 0.15) is 11.4 Å². The van der Waals surface area contributed by atoms with Crippen LogP contribution < -0.4 is 16.2 Å². The van der Waals surface area contributed by atoms with E-state index in [9.17, 15) is 9.90 Å². The first kappa shape index (κ1) is 13.6. The molecule has 1 rings (SSSR count). The van der Waals surface area contributed by atoms with E-state index in [1.165, 1.54) is 13.8 Å². The van der Waals surface area contributed by atoms with Gasteiger partial charge in [-0.3, -0.25) is 10.5 Å². The number of benzene rings is 1. The van der Waals surface area contributed by atoms with E-state index in [2.05, 4.69) is 0 Å². The summed E-state index contributed by atoms with van der Waals surface area (Å²) in [6.45, 7) is 3.11. The first-order valence-electron chi connectivity index (χ1n) is 5.34. The summed E-state index contributed by atoms with van der Waals surface area (Å²) in [5.74, 6) is 0.197. The Hall–Kier alpha value is -1.43. The molecule has 0 aromatic heterocycles. The van der Waals surface area contributed by atoms with Gasteiger partial charge in [-0.15, -0.1) is 0 Å². The highest BCUT2D eigenvalue weighted by Crippen LogP contribution is 2.17. The standard InChI is InChI=1S/C12H18N2O3/c1-12(2,16)11(15)8-3-5-9(6-4-8)17-10(14)7-13/h3-6,10,16H,7,13-14H2,1-2H3. The van der Waals surface area contributed by atoms with Crippen molar-refractivity contribution in [1.29, 1.82) is 0 Å². The lowest BCUT2D eigenvalue weighted by Crippen LogP contribution is -2.35. The van der Waals surface area contributed by atoms with Crippen LogP contribution in [0.4, 0.5) is 0 Å². The second-order valence-corrected chi connectivity index (χ2v) is 4.30. The number of ketones is 1. The minimum Gasteiger partial charge on any atom is -0.474 e. The molecule has 0 radical (unpaired) electrons. The Kier molecular flexibility index (Phi) is 4.22. The second kappa shape index (κ2) is 5.27. The highest BCUT2D eigenvalue weighted by Gasteiger charge is 2.24. The minimum atomic E-state index is -1.38. The maximum absolute atomic E-state index is 11.7. The van der Waals surface area contributed by atoms with E-state index in [1.54, 1.807) is 24.3 Å². The molecule has 1 unspecified atom stereocenters. The van der Waals surface area contributed by atoms with Crippen LogP contribution in [0.2, 0.25) is 0 Å². The number of rotatable bonds is 5. The average molecular weight is 238 g/mol. The Balaban J connectivity index is 2.78. The van der Waals surface area contributed by atoms with E-state index < -0.39 is 11.8 Å². The van der Waals surface area contributed by atoms with Crippen molar-refractivity contribution in [3.63, 3.8) is 0 Å². The molecule has 17 heavy (non-hydrogen) atoms. The molecular formula is C12H18N2O3. The van der Waals surface area contributed by atoms with Crippen molar-refractivity contribution >= 4 is 5.78 Å². The number of aliphatic hydroxyl groups is 1. The van der Waals surface area contributed by atoms with Gasteiger partial charge in [-0.05, 0) is 38.1 Å². The van der Waals surface area contributed by atoms with Gasteiger partial charge >= 0.3 is 0 Å². The molecule has 1 aromatic carbocycles. The van der Waals surface area contributed by atoms with Crippen LogP contribution in [-0.2, 0) is 0 Å². The van der Waals surface area contributed by atoms with E-state index in [4.69, 9.17) is 16.2 Å². The van der Waals surface area contributed by atoms with E-state index in [0.29, 0.717) is 11.3 Å². The van der Waals surface area contributed by atoms with E-state index in [0.717, 1.165) is 0 Å². The fourth-order valence-corrected chi connectivity index (χ4v) is 1.26. The summed E-state index contributed by atoms with van der Waals surface area (Å²) < 4.78 is 5.26. The van der Waals surface area contributed by atoms with E-state index in [-0.39, 0.29) is 12.3 Å². The first-order chi connectivity index (χ1) is 7.84. The molecule has 5 N–H and O–H groups in total. The van der Waals surface area contributed by atoms with Gasteiger partial charge in [0.15, 0.2) is 12.0 Å². The van der Waals surface area contributed by atoms with Crippen LogP contribution in [0.3, 0.4) is 0 Å². The molecule has 0 saturated carbocycles. The molecular weight excluding hydrogens is 220 g/mol. The summed E-state index contributed by atoms with van der Waals surface area (Å²) in [4.78, 5) is 11.7. The molecule has 0 amide bonds. The normalized spacial score (nSPS) is 13.2. The van der Waals surface area contributed by atoms with Crippen LogP contribution in [-0.4, -0.2) is 29.3 Å². The van der Waals surface area contributed by atoms with Crippen LogP contribution in [0.1, 0.15) is 24.2 Å². The quantitative estimate of drug-likeness (QED) is 0.505. The largest absolute Gasteiger partial charge is 0.474 e. The monoisotopic (exact) mass is 238 g/mol. The number of hydrogen-bond donors (Lipinski definition) is 3. The zero-order valence-electron chi connectivity index (χ0n) is 10.0. The van der Waals surface area contributed by atoms with Crippen LogP contribution in [0.25, 0.3) is 0 Å². The van der Waals surface area contributed by atoms with E-state index in [1.807, 2.05) is 0 Å². The Bertz CT molecular complexity index is 382. The average Bonchev–Trinajstić information content (AvgIpc) is 2.27. The third-order valence-electron chi connectivity index (χ3n) is 2.19. The summed E-state index contributed by atoms with van der Waals surface area (Å²) in [7, 11) is 0. The molecule has 0 spiro atoms.